The van der Waals surface area contributed by atoms with Gasteiger partial charge in [-0.3, -0.25) is 15.6 Å². The summed E-state index contributed by atoms with van der Waals surface area (Å²) in [4.78, 5) is 12.2. The quantitative estimate of drug-likeness (QED) is 0.383. The number of nitrogens with one attached hydrogen (secondary N) is 3. The molecule has 24 heavy (non-hydrogen) atoms. The van der Waals surface area contributed by atoms with Crippen molar-refractivity contribution in [1.29, 1.82) is 10.7 Å². The summed E-state index contributed by atoms with van der Waals surface area (Å²) in [7, 11) is 0. The van der Waals surface area contributed by atoms with Gasteiger partial charge in [-0.05, 0) is 42.8 Å². The van der Waals surface area contributed by atoms with Gasteiger partial charge in [0.05, 0.1) is 5.69 Å². The van der Waals surface area contributed by atoms with Crippen LogP contribution in [0.25, 0.3) is 0 Å². The lowest BCUT2D eigenvalue weighted by Gasteiger charge is -2.08. The van der Waals surface area contributed by atoms with Crippen molar-refractivity contribution in [1.82, 2.24) is 0 Å². The van der Waals surface area contributed by atoms with Crippen LogP contribution in [0.4, 0.5) is 11.4 Å². The van der Waals surface area contributed by atoms with Crippen LogP contribution in [-0.4, -0.2) is 17.5 Å². The average Bonchev–Trinajstić information content (AvgIpc) is 2.57. The van der Waals surface area contributed by atoms with Gasteiger partial charge in [0, 0.05) is 11.3 Å². The van der Waals surface area contributed by atoms with E-state index >= 15 is 0 Å². The Hall–Kier alpha value is -3.66. The standard InChI is InChI=1S/C17H16N6O/c1-11-4-2-3-5-14(11)21-17(24)12-6-8-13(9-7-12)22-23-15(10-18)16(19)20/h2-9,22H,1H3,(H3,19,20)(H,21,24)/b23-15+. The number of carbonyl (C=O) groups is 1. The number of hydrogen-bond donors (Lipinski definition) is 4. The average molecular weight is 320 g/mol. The minimum Gasteiger partial charge on any atom is -0.382 e. The molecule has 0 bridgehead atoms. The van der Waals surface area contributed by atoms with E-state index < -0.39 is 5.84 Å². The van der Waals surface area contributed by atoms with Gasteiger partial charge >= 0.3 is 0 Å². The summed E-state index contributed by atoms with van der Waals surface area (Å²) in [5.41, 5.74) is 10.4. The monoisotopic (exact) mass is 320 g/mol. The van der Waals surface area contributed by atoms with Crippen molar-refractivity contribution in [3.63, 3.8) is 0 Å². The third kappa shape index (κ3) is 4.18. The first-order valence-electron chi connectivity index (χ1n) is 7.06. The number of carbonyl (C=O) groups excluding carboxylic acids is 1. The third-order valence-electron chi connectivity index (χ3n) is 3.20. The first-order chi connectivity index (χ1) is 11.5. The molecule has 0 heterocycles. The highest BCUT2D eigenvalue weighted by molar-refractivity contribution is 6.45. The van der Waals surface area contributed by atoms with E-state index in [4.69, 9.17) is 16.4 Å². The third-order valence-corrected chi connectivity index (χ3v) is 3.20. The Bertz CT molecular complexity index is 833. The van der Waals surface area contributed by atoms with E-state index in [1.54, 1.807) is 30.3 Å². The van der Waals surface area contributed by atoms with Crippen LogP contribution < -0.4 is 16.5 Å². The molecule has 0 aliphatic carbocycles. The zero-order chi connectivity index (χ0) is 17.5. The van der Waals surface area contributed by atoms with Crippen LogP contribution >= 0.6 is 0 Å². The Morgan fingerprint density at radius 2 is 1.88 bits per heavy atom. The molecule has 2 aromatic rings. The number of nitrogens with two attached hydrogens (primary N) is 1. The largest absolute Gasteiger partial charge is 0.382 e. The van der Waals surface area contributed by atoms with Crippen molar-refractivity contribution >= 4 is 28.8 Å². The molecule has 7 nitrogen and oxygen atoms in total. The number of anilines is 2. The van der Waals surface area contributed by atoms with Crippen molar-refractivity contribution in [3.8, 4) is 6.07 Å². The normalized spacial score (nSPS) is 10.6. The van der Waals surface area contributed by atoms with Gasteiger partial charge in [0.1, 0.15) is 6.07 Å². The van der Waals surface area contributed by atoms with Gasteiger partial charge in [-0.1, -0.05) is 18.2 Å². The molecule has 0 aromatic heterocycles. The van der Waals surface area contributed by atoms with Crippen LogP contribution in [0.15, 0.2) is 53.6 Å². The summed E-state index contributed by atoms with van der Waals surface area (Å²) in [5, 5.41) is 22.5. The second-order valence-corrected chi connectivity index (χ2v) is 4.94. The Morgan fingerprint density at radius 1 is 1.21 bits per heavy atom. The number of hydrogen-bond acceptors (Lipinski definition) is 5. The number of hydrazone groups is 1. The Kier molecular flexibility index (Phi) is 5.26. The Labute approximate surface area is 139 Å². The smallest absolute Gasteiger partial charge is 0.255 e. The van der Waals surface area contributed by atoms with E-state index in [2.05, 4.69) is 15.8 Å². The van der Waals surface area contributed by atoms with Crippen molar-refractivity contribution in [2.75, 3.05) is 10.7 Å². The minimum atomic E-state index is -0.417. The molecule has 2 aromatic carbocycles. The molecule has 0 saturated carbocycles. The highest BCUT2D eigenvalue weighted by atomic mass is 16.1. The fourth-order valence-electron chi connectivity index (χ4n) is 1.87. The summed E-state index contributed by atoms with van der Waals surface area (Å²) < 4.78 is 0. The van der Waals surface area contributed by atoms with Crippen LogP contribution in [0.2, 0.25) is 0 Å². The summed E-state index contributed by atoms with van der Waals surface area (Å²) in [6.07, 6.45) is 0. The van der Waals surface area contributed by atoms with Crippen LogP contribution in [0, 0.1) is 23.7 Å². The predicted molar refractivity (Wildman–Crippen MR) is 94.2 cm³/mol. The van der Waals surface area contributed by atoms with Crippen LogP contribution in [-0.2, 0) is 0 Å². The summed E-state index contributed by atoms with van der Waals surface area (Å²) >= 11 is 0. The van der Waals surface area contributed by atoms with Gasteiger partial charge in [-0.25, -0.2) is 0 Å². The van der Waals surface area contributed by atoms with E-state index in [9.17, 15) is 4.79 Å². The van der Waals surface area contributed by atoms with Crippen LogP contribution in [0.3, 0.4) is 0 Å². The molecule has 0 atom stereocenters. The van der Waals surface area contributed by atoms with Crippen LogP contribution in [0.5, 0.6) is 0 Å². The van der Waals surface area contributed by atoms with Crippen molar-refractivity contribution in [2.24, 2.45) is 10.8 Å². The first kappa shape index (κ1) is 16.7. The molecule has 2 rings (SSSR count). The lowest BCUT2D eigenvalue weighted by Crippen LogP contribution is -2.21. The maximum absolute atomic E-state index is 12.2. The molecule has 0 unspecified atom stereocenters. The van der Waals surface area contributed by atoms with E-state index in [0.717, 1.165) is 11.3 Å². The number of aryl methyl sites for hydroxylation is 1. The number of para-hydroxylation sites is 1. The van der Waals surface area contributed by atoms with Crippen molar-refractivity contribution in [2.45, 2.75) is 6.92 Å². The van der Waals surface area contributed by atoms with Gasteiger partial charge in [-0.15, -0.1) is 0 Å². The maximum Gasteiger partial charge on any atom is 0.255 e. The topological polar surface area (TPSA) is 127 Å². The summed E-state index contributed by atoms with van der Waals surface area (Å²) in [5.74, 6) is -0.639. The van der Waals surface area contributed by atoms with Gasteiger partial charge < -0.3 is 11.1 Å². The summed E-state index contributed by atoms with van der Waals surface area (Å²) in [6.45, 7) is 1.92. The van der Waals surface area contributed by atoms with Crippen LogP contribution in [0.1, 0.15) is 15.9 Å². The molecule has 0 saturated heterocycles. The molecule has 1 amide bonds. The Morgan fingerprint density at radius 3 is 2.46 bits per heavy atom. The molecule has 0 fully saturated rings. The van der Waals surface area contributed by atoms with E-state index in [1.807, 2.05) is 31.2 Å². The van der Waals surface area contributed by atoms with Crippen molar-refractivity contribution in [3.05, 3.63) is 59.7 Å². The molecular formula is C17H16N6O. The van der Waals surface area contributed by atoms with Crippen molar-refractivity contribution < 1.29 is 4.79 Å². The van der Waals surface area contributed by atoms with Gasteiger partial charge in [0.15, 0.2) is 5.84 Å². The second-order valence-electron chi connectivity index (χ2n) is 4.94. The molecule has 7 heteroatoms. The lowest BCUT2D eigenvalue weighted by molar-refractivity contribution is 0.102. The SMILES string of the molecule is Cc1ccccc1NC(=O)c1ccc(N/N=C(\C#N)C(=N)N)cc1. The van der Waals surface area contributed by atoms with Gasteiger partial charge in [0.2, 0.25) is 5.71 Å². The van der Waals surface area contributed by atoms with Gasteiger partial charge in [-0.2, -0.15) is 10.4 Å². The highest BCUT2D eigenvalue weighted by Crippen LogP contribution is 2.16. The molecule has 0 radical (unpaired) electrons. The zero-order valence-electron chi connectivity index (χ0n) is 13.0. The molecule has 0 aliphatic rings. The minimum absolute atomic E-state index is 0.212. The predicted octanol–water partition coefficient (Wildman–Crippen LogP) is 2.47. The Balaban J connectivity index is 2.07. The number of nitrogens with zero attached hydrogens (tertiary/aromatic N) is 2. The number of rotatable bonds is 5. The van der Waals surface area contributed by atoms with E-state index in [-0.39, 0.29) is 11.6 Å². The zero-order valence-corrected chi connectivity index (χ0v) is 13.0. The maximum atomic E-state index is 12.2. The number of amidine groups is 1. The first-order valence-corrected chi connectivity index (χ1v) is 7.06. The number of benzene rings is 2. The number of nitriles is 1. The fourth-order valence-corrected chi connectivity index (χ4v) is 1.87. The number of amides is 1. The molecule has 5 N–H and O–H groups in total. The van der Waals surface area contributed by atoms with Gasteiger partial charge in [0.25, 0.3) is 5.91 Å². The lowest BCUT2D eigenvalue weighted by atomic mass is 10.1. The fraction of sp³-hybridized carbons (Fsp3) is 0.0588. The molecular weight excluding hydrogens is 304 g/mol. The highest BCUT2D eigenvalue weighted by Gasteiger charge is 2.07. The second kappa shape index (κ2) is 7.56. The molecule has 0 spiro atoms. The van der Waals surface area contributed by atoms with E-state index in [0.29, 0.717) is 11.3 Å². The molecule has 120 valence electrons. The summed E-state index contributed by atoms with van der Waals surface area (Å²) in [6, 6.07) is 15.8. The van der Waals surface area contributed by atoms with E-state index in [1.165, 1.54) is 0 Å². The molecule has 0 aliphatic heterocycles.